The van der Waals surface area contributed by atoms with Gasteiger partial charge in [0.25, 0.3) is 0 Å². The molecule has 0 aliphatic rings. The molecule has 0 unspecified atom stereocenters. The van der Waals surface area contributed by atoms with Crippen LogP contribution in [0.2, 0.25) is 0 Å². The normalized spacial score (nSPS) is 8.73. The third-order valence-electron chi connectivity index (χ3n) is 0. The predicted molar refractivity (Wildman–Crippen MR) is 39.3 cm³/mol. The zero-order chi connectivity index (χ0) is 8.08. The summed E-state index contributed by atoms with van der Waals surface area (Å²) >= 11 is 0. The summed E-state index contributed by atoms with van der Waals surface area (Å²) in [5.74, 6) is 0. The van der Waals surface area contributed by atoms with Crippen molar-refractivity contribution in [2.75, 3.05) is 0 Å². The standard InChI is InChI=1S/C4H10O.C3H8O.2Zr/c1-4(2,3)5;1-3(2)4;;/h5H,1-3H3;3-4H,1-2H3;;. The van der Waals surface area contributed by atoms with E-state index in [2.05, 4.69) is 0 Å². The molecule has 0 heterocycles. The van der Waals surface area contributed by atoms with Gasteiger partial charge in [-0.25, -0.2) is 0 Å². The summed E-state index contributed by atoms with van der Waals surface area (Å²) < 4.78 is 0. The summed E-state index contributed by atoms with van der Waals surface area (Å²) in [5.41, 5.74) is -0.500. The van der Waals surface area contributed by atoms with Gasteiger partial charge < -0.3 is 10.2 Å². The fourth-order valence-electron chi connectivity index (χ4n) is 0. The first kappa shape index (κ1) is 23.0. The minimum absolute atomic E-state index is 0. The molecule has 0 spiro atoms. The van der Waals surface area contributed by atoms with Crippen molar-refractivity contribution in [3.05, 3.63) is 0 Å². The average Bonchev–Trinajstić information content (AvgIpc) is 1.19. The fraction of sp³-hybridized carbons (Fsp3) is 1.00. The van der Waals surface area contributed by atoms with Gasteiger partial charge in [0.1, 0.15) is 0 Å². The number of rotatable bonds is 0. The molecule has 0 fully saturated rings. The molecule has 0 radical (unpaired) electrons. The second-order valence-electron chi connectivity index (χ2n) is 3.26. The summed E-state index contributed by atoms with van der Waals surface area (Å²) in [7, 11) is 0. The largest absolute Gasteiger partial charge is 0.394 e. The summed E-state index contributed by atoms with van der Waals surface area (Å²) in [6.45, 7) is 8.67. The van der Waals surface area contributed by atoms with E-state index in [0.717, 1.165) is 0 Å². The van der Waals surface area contributed by atoms with Gasteiger partial charge in [-0.1, -0.05) is 0 Å². The minimum atomic E-state index is -0.500. The van der Waals surface area contributed by atoms with Crippen LogP contribution in [0.25, 0.3) is 0 Å². The van der Waals surface area contributed by atoms with Gasteiger partial charge in [0.15, 0.2) is 0 Å². The first-order valence-electron chi connectivity index (χ1n) is 3.14. The van der Waals surface area contributed by atoms with Crippen LogP contribution >= 0.6 is 0 Å². The Morgan fingerprint density at radius 1 is 1.00 bits per heavy atom. The molecule has 0 aromatic carbocycles. The first-order chi connectivity index (χ1) is 3.73. The molecular formula is C7H18O2Zr2. The Bertz CT molecular complexity index is 51.2. The maximum Gasteiger partial charge on any atom is 0.0563 e. The van der Waals surface area contributed by atoms with Crippen molar-refractivity contribution in [1.82, 2.24) is 0 Å². The molecule has 0 saturated carbocycles. The molecule has 0 saturated heterocycles. The van der Waals surface area contributed by atoms with Gasteiger partial charge in [-0.2, -0.15) is 0 Å². The van der Waals surface area contributed by atoms with Gasteiger partial charge >= 0.3 is 0 Å². The van der Waals surface area contributed by atoms with Crippen molar-refractivity contribution < 1.29 is 62.6 Å². The third kappa shape index (κ3) is 386. The average molecular weight is 317 g/mol. The predicted octanol–water partition coefficient (Wildman–Crippen LogP) is 1.16. The van der Waals surface area contributed by atoms with E-state index >= 15 is 0 Å². The zero-order valence-corrected chi connectivity index (χ0v) is 12.9. The molecule has 0 atom stereocenters. The summed E-state index contributed by atoms with van der Waals surface area (Å²) in [6, 6.07) is 0. The van der Waals surface area contributed by atoms with Crippen LogP contribution in [0.4, 0.5) is 0 Å². The third-order valence-corrected chi connectivity index (χ3v) is 0. The van der Waals surface area contributed by atoms with E-state index < -0.39 is 5.60 Å². The van der Waals surface area contributed by atoms with Gasteiger partial charge in [-0.3, -0.25) is 0 Å². The maximum absolute atomic E-state index is 8.52. The van der Waals surface area contributed by atoms with E-state index in [1.54, 1.807) is 34.6 Å². The molecule has 0 bridgehead atoms. The number of hydrogen-bond acceptors (Lipinski definition) is 2. The molecule has 0 amide bonds. The van der Waals surface area contributed by atoms with Crippen LogP contribution < -0.4 is 0 Å². The number of hydrogen-bond donors (Lipinski definition) is 2. The maximum atomic E-state index is 8.52. The molecule has 0 aromatic heterocycles. The van der Waals surface area contributed by atoms with E-state index in [9.17, 15) is 0 Å². The molecular weight excluding hydrogens is 299 g/mol. The molecule has 0 rings (SSSR count). The Labute approximate surface area is 108 Å². The second-order valence-corrected chi connectivity index (χ2v) is 3.26. The summed E-state index contributed by atoms with van der Waals surface area (Å²) in [4.78, 5) is 0. The molecule has 2 N–H and O–H groups in total. The van der Waals surface area contributed by atoms with Crippen molar-refractivity contribution in [3.8, 4) is 0 Å². The summed E-state index contributed by atoms with van der Waals surface area (Å²) in [6.07, 6.45) is -0.167. The van der Waals surface area contributed by atoms with Gasteiger partial charge in [-0.05, 0) is 34.6 Å². The van der Waals surface area contributed by atoms with E-state index in [1.165, 1.54) is 0 Å². The van der Waals surface area contributed by atoms with Gasteiger partial charge in [-0.15, -0.1) is 0 Å². The van der Waals surface area contributed by atoms with Gasteiger partial charge in [0.05, 0.1) is 5.60 Å². The molecule has 0 aliphatic heterocycles. The fourth-order valence-corrected chi connectivity index (χ4v) is 0. The van der Waals surface area contributed by atoms with Crippen LogP contribution in [0.3, 0.4) is 0 Å². The van der Waals surface area contributed by atoms with E-state index in [4.69, 9.17) is 10.2 Å². The van der Waals surface area contributed by atoms with E-state index in [1.807, 2.05) is 0 Å². The van der Waals surface area contributed by atoms with Gasteiger partial charge in [0.2, 0.25) is 0 Å². The van der Waals surface area contributed by atoms with Crippen LogP contribution in [-0.4, -0.2) is 21.9 Å². The molecule has 4 heteroatoms. The Morgan fingerprint density at radius 2 is 1.00 bits per heavy atom. The summed E-state index contributed by atoms with van der Waals surface area (Å²) in [5, 5.41) is 16.6. The van der Waals surface area contributed by atoms with E-state index in [0.29, 0.717) is 0 Å². The van der Waals surface area contributed by atoms with Crippen LogP contribution in [0.15, 0.2) is 0 Å². The number of aliphatic hydroxyl groups is 2. The Morgan fingerprint density at radius 3 is 1.00 bits per heavy atom. The first-order valence-corrected chi connectivity index (χ1v) is 3.14. The smallest absolute Gasteiger partial charge is 0.0563 e. The SMILES string of the molecule is CC(C)(C)O.CC(C)O.[Zr].[Zr]. The second kappa shape index (κ2) is 11.7. The van der Waals surface area contributed by atoms with Crippen molar-refractivity contribution in [2.24, 2.45) is 0 Å². The van der Waals surface area contributed by atoms with E-state index in [-0.39, 0.29) is 58.5 Å². The Balaban J connectivity index is -0.0000000383. The van der Waals surface area contributed by atoms with Gasteiger partial charge in [0, 0.05) is 58.5 Å². The van der Waals surface area contributed by atoms with Crippen molar-refractivity contribution in [2.45, 2.75) is 46.3 Å². The van der Waals surface area contributed by atoms with Crippen molar-refractivity contribution in [1.29, 1.82) is 0 Å². The minimum Gasteiger partial charge on any atom is -0.394 e. The molecule has 66 valence electrons. The monoisotopic (exact) mass is 314 g/mol. The molecule has 2 nitrogen and oxygen atoms in total. The van der Waals surface area contributed by atoms with Crippen LogP contribution in [-0.2, 0) is 52.4 Å². The van der Waals surface area contributed by atoms with Crippen molar-refractivity contribution in [3.63, 3.8) is 0 Å². The van der Waals surface area contributed by atoms with Crippen LogP contribution in [0.5, 0.6) is 0 Å². The molecule has 0 aliphatic carbocycles. The molecule has 0 aromatic rings. The number of aliphatic hydroxyl groups excluding tert-OH is 1. The topological polar surface area (TPSA) is 40.5 Å². The van der Waals surface area contributed by atoms with Crippen LogP contribution in [0, 0.1) is 0 Å². The quantitative estimate of drug-likeness (QED) is 0.704. The Kier molecular flexibility index (Phi) is 24.4. The Hall–Kier alpha value is 1.69. The van der Waals surface area contributed by atoms with Crippen LogP contribution in [0.1, 0.15) is 34.6 Å². The van der Waals surface area contributed by atoms with Crippen molar-refractivity contribution >= 4 is 0 Å². The molecule has 11 heavy (non-hydrogen) atoms. The zero-order valence-electron chi connectivity index (χ0n) is 7.97.